The molecule has 0 aliphatic carbocycles. The number of hydrogen-bond donors (Lipinski definition) is 2. The molecule has 6 nitrogen and oxygen atoms in total. The van der Waals surface area contributed by atoms with Gasteiger partial charge in [-0.15, -0.1) is 0 Å². The zero-order valence-electron chi connectivity index (χ0n) is 9.15. The van der Waals surface area contributed by atoms with E-state index < -0.39 is 12.6 Å². The number of ether oxygens (including phenoxy) is 1. The van der Waals surface area contributed by atoms with Crippen LogP contribution in [0.15, 0.2) is 0 Å². The van der Waals surface area contributed by atoms with Crippen LogP contribution >= 0.6 is 0 Å². The van der Waals surface area contributed by atoms with Gasteiger partial charge in [-0.3, -0.25) is 4.79 Å². The predicted molar refractivity (Wildman–Crippen MR) is 54.6 cm³/mol. The van der Waals surface area contributed by atoms with E-state index in [-0.39, 0.29) is 12.5 Å². The van der Waals surface area contributed by atoms with Crippen molar-refractivity contribution in [2.45, 2.75) is 6.42 Å². The molecule has 0 unspecified atom stereocenters. The number of amides is 1. The maximum atomic E-state index is 11.3. The summed E-state index contributed by atoms with van der Waals surface area (Å²) in [6.45, 7) is 0.863. The van der Waals surface area contributed by atoms with E-state index in [0.717, 1.165) is 13.0 Å². The Balaban J connectivity index is 3.55. The molecule has 15 heavy (non-hydrogen) atoms. The lowest BCUT2D eigenvalue weighted by Crippen LogP contribution is -2.32. The van der Waals surface area contributed by atoms with Gasteiger partial charge >= 0.3 is 5.97 Å². The average molecular weight is 218 g/mol. The summed E-state index contributed by atoms with van der Waals surface area (Å²) in [4.78, 5) is 22.9. The SMILES string of the molecule is CNCCCN(C)C(=O)COCC(=O)O. The molecule has 0 saturated carbocycles. The maximum Gasteiger partial charge on any atom is 0.329 e. The summed E-state index contributed by atoms with van der Waals surface area (Å²) in [5.74, 6) is -1.27. The Kier molecular flexibility index (Phi) is 7.57. The first-order valence-corrected chi connectivity index (χ1v) is 4.76. The number of aliphatic carboxylic acids is 1. The minimum atomic E-state index is -1.07. The van der Waals surface area contributed by atoms with Crippen molar-refractivity contribution >= 4 is 11.9 Å². The second-order valence-corrected chi connectivity index (χ2v) is 3.16. The number of carbonyl (C=O) groups is 2. The number of rotatable bonds is 8. The fourth-order valence-electron chi connectivity index (χ4n) is 0.954. The van der Waals surface area contributed by atoms with E-state index in [1.54, 1.807) is 7.05 Å². The van der Waals surface area contributed by atoms with Gasteiger partial charge in [0.15, 0.2) is 0 Å². The lowest BCUT2D eigenvalue weighted by atomic mass is 10.4. The summed E-state index contributed by atoms with van der Waals surface area (Å²) in [6, 6.07) is 0. The quantitative estimate of drug-likeness (QED) is 0.519. The summed E-state index contributed by atoms with van der Waals surface area (Å²) in [7, 11) is 3.51. The fourth-order valence-corrected chi connectivity index (χ4v) is 0.954. The maximum absolute atomic E-state index is 11.3. The molecule has 0 saturated heterocycles. The smallest absolute Gasteiger partial charge is 0.329 e. The molecule has 0 atom stereocenters. The Morgan fingerprint density at radius 3 is 2.60 bits per heavy atom. The van der Waals surface area contributed by atoms with Crippen molar-refractivity contribution in [2.75, 3.05) is 40.4 Å². The molecule has 2 N–H and O–H groups in total. The van der Waals surface area contributed by atoms with Crippen LogP contribution in [0.1, 0.15) is 6.42 Å². The molecule has 0 spiro atoms. The van der Waals surface area contributed by atoms with Crippen molar-refractivity contribution in [3.8, 4) is 0 Å². The summed E-state index contributed by atoms with van der Waals surface area (Å²) in [5.41, 5.74) is 0. The van der Waals surface area contributed by atoms with Crippen LogP contribution in [-0.2, 0) is 14.3 Å². The monoisotopic (exact) mass is 218 g/mol. The van der Waals surface area contributed by atoms with E-state index >= 15 is 0 Å². The van der Waals surface area contributed by atoms with Crippen LogP contribution in [0.4, 0.5) is 0 Å². The van der Waals surface area contributed by atoms with Gasteiger partial charge < -0.3 is 20.1 Å². The van der Waals surface area contributed by atoms with Gasteiger partial charge in [0.05, 0.1) is 0 Å². The average Bonchev–Trinajstić information content (AvgIpc) is 2.17. The van der Waals surface area contributed by atoms with E-state index in [0.29, 0.717) is 6.54 Å². The second kappa shape index (κ2) is 8.19. The highest BCUT2D eigenvalue weighted by Crippen LogP contribution is 1.89. The second-order valence-electron chi connectivity index (χ2n) is 3.16. The lowest BCUT2D eigenvalue weighted by Gasteiger charge is -2.16. The Labute approximate surface area is 89.2 Å². The number of carboxylic acid groups (broad SMARTS) is 1. The molecule has 88 valence electrons. The van der Waals surface area contributed by atoms with Gasteiger partial charge in [-0.25, -0.2) is 4.79 Å². The third kappa shape index (κ3) is 7.90. The van der Waals surface area contributed by atoms with Gasteiger partial charge in [-0.05, 0) is 20.0 Å². The number of nitrogens with zero attached hydrogens (tertiary/aromatic N) is 1. The Morgan fingerprint density at radius 1 is 1.40 bits per heavy atom. The van der Waals surface area contributed by atoms with Crippen molar-refractivity contribution in [1.29, 1.82) is 0 Å². The Morgan fingerprint density at radius 2 is 2.07 bits per heavy atom. The molecule has 0 aromatic carbocycles. The molecule has 0 fully saturated rings. The van der Waals surface area contributed by atoms with E-state index in [1.807, 2.05) is 7.05 Å². The van der Waals surface area contributed by atoms with Crippen LogP contribution < -0.4 is 5.32 Å². The van der Waals surface area contributed by atoms with Crippen molar-refractivity contribution in [2.24, 2.45) is 0 Å². The molecule has 0 bridgehead atoms. The van der Waals surface area contributed by atoms with Gasteiger partial charge in [0.2, 0.25) is 5.91 Å². The Bertz CT molecular complexity index is 208. The summed E-state index contributed by atoms with van der Waals surface area (Å²) >= 11 is 0. The van der Waals surface area contributed by atoms with Gasteiger partial charge in [0.25, 0.3) is 0 Å². The van der Waals surface area contributed by atoms with Crippen molar-refractivity contribution in [3.63, 3.8) is 0 Å². The van der Waals surface area contributed by atoms with E-state index in [1.165, 1.54) is 4.90 Å². The van der Waals surface area contributed by atoms with Crippen molar-refractivity contribution in [1.82, 2.24) is 10.2 Å². The Hall–Kier alpha value is -1.14. The first-order chi connectivity index (χ1) is 7.07. The minimum Gasteiger partial charge on any atom is -0.480 e. The zero-order chi connectivity index (χ0) is 11.7. The molecular formula is C9H18N2O4. The molecule has 0 radical (unpaired) electrons. The van der Waals surface area contributed by atoms with Crippen molar-refractivity contribution < 1.29 is 19.4 Å². The summed E-state index contributed by atoms with van der Waals surface area (Å²) < 4.78 is 4.68. The third-order valence-corrected chi connectivity index (χ3v) is 1.80. The first-order valence-electron chi connectivity index (χ1n) is 4.76. The molecular weight excluding hydrogens is 200 g/mol. The summed E-state index contributed by atoms with van der Waals surface area (Å²) in [6.07, 6.45) is 0.859. The van der Waals surface area contributed by atoms with Crippen LogP contribution in [0, 0.1) is 0 Å². The summed E-state index contributed by atoms with van der Waals surface area (Å²) in [5, 5.41) is 11.3. The highest BCUT2D eigenvalue weighted by Gasteiger charge is 2.08. The standard InChI is InChI=1S/C9H18N2O4/c1-10-4-3-5-11(2)8(12)6-15-7-9(13)14/h10H,3-7H2,1-2H3,(H,13,14). The van der Waals surface area contributed by atoms with Crippen LogP contribution in [-0.4, -0.2) is 62.3 Å². The number of hydrogen-bond acceptors (Lipinski definition) is 4. The third-order valence-electron chi connectivity index (χ3n) is 1.80. The van der Waals surface area contributed by atoms with Gasteiger partial charge in [-0.1, -0.05) is 0 Å². The van der Waals surface area contributed by atoms with Gasteiger partial charge in [-0.2, -0.15) is 0 Å². The van der Waals surface area contributed by atoms with Crippen molar-refractivity contribution in [3.05, 3.63) is 0 Å². The van der Waals surface area contributed by atoms with E-state index in [9.17, 15) is 9.59 Å². The number of carboxylic acids is 1. The highest BCUT2D eigenvalue weighted by atomic mass is 16.5. The number of carbonyl (C=O) groups excluding carboxylic acids is 1. The van der Waals surface area contributed by atoms with Crippen LogP contribution in [0.3, 0.4) is 0 Å². The van der Waals surface area contributed by atoms with Gasteiger partial charge in [0.1, 0.15) is 13.2 Å². The molecule has 1 amide bonds. The molecule has 0 aromatic heterocycles. The predicted octanol–water partition coefficient (Wildman–Crippen LogP) is -0.844. The topological polar surface area (TPSA) is 78.9 Å². The molecule has 0 aliphatic heterocycles. The normalized spacial score (nSPS) is 10.0. The molecule has 0 aliphatic rings. The number of likely N-dealkylation sites (N-methyl/N-ethyl adjacent to an activating group) is 1. The molecule has 6 heteroatoms. The molecule has 0 aromatic rings. The van der Waals surface area contributed by atoms with Crippen LogP contribution in [0.5, 0.6) is 0 Å². The fraction of sp³-hybridized carbons (Fsp3) is 0.778. The molecule has 0 heterocycles. The minimum absolute atomic E-state index is 0.178. The van der Waals surface area contributed by atoms with Crippen LogP contribution in [0.25, 0.3) is 0 Å². The lowest BCUT2D eigenvalue weighted by molar-refractivity contribution is -0.145. The number of nitrogens with one attached hydrogen (secondary N) is 1. The highest BCUT2D eigenvalue weighted by molar-refractivity contribution is 5.77. The first kappa shape index (κ1) is 13.9. The van der Waals surface area contributed by atoms with Gasteiger partial charge in [0, 0.05) is 13.6 Å². The van der Waals surface area contributed by atoms with E-state index in [2.05, 4.69) is 10.1 Å². The molecule has 0 rings (SSSR count). The zero-order valence-corrected chi connectivity index (χ0v) is 9.15. The van der Waals surface area contributed by atoms with E-state index in [4.69, 9.17) is 5.11 Å². The largest absolute Gasteiger partial charge is 0.480 e. The van der Waals surface area contributed by atoms with Crippen LogP contribution in [0.2, 0.25) is 0 Å².